The van der Waals surface area contributed by atoms with E-state index in [-0.39, 0.29) is 5.91 Å². The number of amides is 1. The topological polar surface area (TPSA) is 54.5 Å². The SMILES string of the molecule is CCCCCNC(=O)CN(C)c1nc2c(OC)cccc2s1. The van der Waals surface area contributed by atoms with Crippen LogP contribution < -0.4 is 15.0 Å². The van der Waals surface area contributed by atoms with Crippen LogP contribution in [0.1, 0.15) is 26.2 Å². The third-order valence-corrected chi connectivity index (χ3v) is 4.54. The Hall–Kier alpha value is -1.82. The van der Waals surface area contributed by atoms with Crippen molar-refractivity contribution < 1.29 is 9.53 Å². The van der Waals surface area contributed by atoms with Crippen LogP contribution in [0.3, 0.4) is 0 Å². The summed E-state index contributed by atoms with van der Waals surface area (Å²) in [6.45, 7) is 3.21. The molecule has 6 heteroatoms. The number of benzene rings is 1. The van der Waals surface area contributed by atoms with E-state index >= 15 is 0 Å². The molecule has 0 radical (unpaired) electrons. The Balaban J connectivity index is 1.97. The highest BCUT2D eigenvalue weighted by molar-refractivity contribution is 7.22. The minimum Gasteiger partial charge on any atom is -0.494 e. The van der Waals surface area contributed by atoms with Gasteiger partial charge in [-0.05, 0) is 18.6 Å². The molecule has 22 heavy (non-hydrogen) atoms. The summed E-state index contributed by atoms with van der Waals surface area (Å²) in [5.74, 6) is 0.794. The van der Waals surface area contributed by atoms with Crippen molar-refractivity contribution in [3.05, 3.63) is 18.2 Å². The van der Waals surface area contributed by atoms with Crippen molar-refractivity contribution >= 4 is 32.6 Å². The number of hydrogen-bond acceptors (Lipinski definition) is 5. The van der Waals surface area contributed by atoms with E-state index < -0.39 is 0 Å². The first-order valence-electron chi connectivity index (χ1n) is 7.57. The molecule has 0 atom stereocenters. The van der Waals surface area contributed by atoms with Crippen molar-refractivity contribution in [3.63, 3.8) is 0 Å². The number of nitrogens with zero attached hydrogens (tertiary/aromatic N) is 2. The minimum absolute atomic E-state index is 0.0322. The highest BCUT2D eigenvalue weighted by atomic mass is 32.1. The number of aromatic nitrogens is 1. The monoisotopic (exact) mass is 321 g/mol. The number of carbonyl (C=O) groups is 1. The lowest BCUT2D eigenvalue weighted by molar-refractivity contribution is -0.119. The van der Waals surface area contributed by atoms with Crippen molar-refractivity contribution in [3.8, 4) is 5.75 Å². The fourth-order valence-corrected chi connectivity index (χ4v) is 3.12. The van der Waals surface area contributed by atoms with Gasteiger partial charge in [-0.3, -0.25) is 4.79 Å². The molecule has 2 rings (SSSR count). The molecule has 5 nitrogen and oxygen atoms in total. The minimum atomic E-state index is 0.0322. The highest BCUT2D eigenvalue weighted by Gasteiger charge is 2.13. The number of likely N-dealkylation sites (N-methyl/N-ethyl adjacent to an activating group) is 1. The van der Waals surface area contributed by atoms with Gasteiger partial charge in [0.25, 0.3) is 0 Å². The zero-order valence-electron chi connectivity index (χ0n) is 13.4. The maximum atomic E-state index is 11.9. The van der Waals surface area contributed by atoms with E-state index in [0.717, 1.165) is 46.9 Å². The van der Waals surface area contributed by atoms with Crippen molar-refractivity contribution in [2.24, 2.45) is 0 Å². The molecular weight excluding hydrogens is 298 g/mol. The van der Waals surface area contributed by atoms with Crippen LogP contribution in [0, 0.1) is 0 Å². The number of hydrogen-bond donors (Lipinski definition) is 1. The van der Waals surface area contributed by atoms with E-state index in [1.807, 2.05) is 30.1 Å². The number of ether oxygens (including phenoxy) is 1. The summed E-state index contributed by atoms with van der Waals surface area (Å²) in [5, 5.41) is 3.77. The van der Waals surface area contributed by atoms with Gasteiger partial charge in [0.05, 0.1) is 18.4 Å². The smallest absolute Gasteiger partial charge is 0.239 e. The van der Waals surface area contributed by atoms with Crippen LogP contribution in [0.4, 0.5) is 5.13 Å². The average molecular weight is 321 g/mol. The third-order valence-electron chi connectivity index (χ3n) is 3.40. The molecule has 0 fully saturated rings. The zero-order valence-corrected chi connectivity index (χ0v) is 14.2. The van der Waals surface area contributed by atoms with E-state index in [1.54, 1.807) is 18.4 Å². The summed E-state index contributed by atoms with van der Waals surface area (Å²) in [6, 6.07) is 5.85. The highest BCUT2D eigenvalue weighted by Crippen LogP contribution is 2.33. The number of thiazole rings is 1. The Morgan fingerprint density at radius 2 is 2.23 bits per heavy atom. The second kappa shape index (κ2) is 7.98. The van der Waals surface area contributed by atoms with Crippen molar-refractivity contribution in [1.82, 2.24) is 10.3 Å². The Labute approximate surface area is 135 Å². The molecule has 120 valence electrons. The van der Waals surface area contributed by atoms with E-state index in [1.165, 1.54) is 0 Å². The number of para-hydroxylation sites is 1. The second-order valence-electron chi connectivity index (χ2n) is 5.22. The Kier molecular flexibility index (Phi) is 6.00. The van der Waals surface area contributed by atoms with Crippen LogP contribution in [0.5, 0.6) is 5.75 Å². The van der Waals surface area contributed by atoms with Crippen molar-refractivity contribution in [2.45, 2.75) is 26.2 Å². The van der Waals surface area contributed by atoms with E-state index in [0.29, 0.717) is 6.54 Å². The fraction of sp³-hybridized carbons (Fsp3) is 0.500. The predicted molar refractivity (Wildman–Crippen MR) is 92.0 cm³/mol. The second-order valence-corrected chi connectivity index (χ2v) is 6.23. The molecule has 1 aromatic carbocycles. The van der Waals surface area contributed by atoms with Crippen LogP contribution in [0.15, 0.2) is 18.2 Å². The molecule has 1 heterocycles. The van der Waals surface area contributed by atoms with Gasteiger partial charge in [0, 0.05) is 13.6 Å². The molecule has 0 unspecified atom stereocenters. The quantitative estimate of drug-likeness (QED) is 0.759. The molecule has 0 saturated heterocycles. The van der Waals surface area contributed by atoms with Gasteiger partial charge in [-0.15, -0.1) is 0 Å². The van der Waals surface area contributed by atoms with Gasteiger partial charge in [0.2, 0.25) is 5.91 Å². The number of unbranched alkanes of at least 4 members (excludes halogenated alkanes) is 2. The van der Waals surface area contributed by atoms with Gasteiger partial charge in [0.1, 0.15) is 11.3 Å². The van der Waals surface area contributed by atoms with E-state index in [9.17, 15) is 4.79 Å². The van der Waals surface area contributed by atoms with Crippen LogP contribution in [0.25, 0.3) is 10.2 Å². The van der Waals surface area contributed by atoms with Gasteiger partial charge in [0.15, 0.2) is 5.13 Å². The molecule has 0 aliphatic carbocycles. The molecule has 1 aromatic heterocycles. The van der Waals surface area contributed by atoms with E-state index in [4.69, 9.17) is 4.74 Å². The normalized spacial score (nSPS) is 10.7. The van der Waals surface area contributed by atoms with Crippen LogP contribution >= 0.6 is 11.3 Å². The molecule has 0 saturated carbocycles. The Morgan fingerprint density at radius 3 is 2.95 bits per heavy atom. The lowest BCUT2D eigenvalue weighted by Crippen LogP contribution is -2.35. The lowest BCUT2D eigenvalue weighted by Gasteiger charge is -2.15. The van der Waals surface area contributed by atoms with Gasteiger partial charge >= 0.3 is 0 Å². The third kappa shape index (κ3) is 4.10. The summed E-state index contributed by atoms with van der Waals surface area (Å²) in [7, 11) is 3.52. The Bertz CT molecular complexity index is 627. The van der Waals surface area contributed by atoms with Crippen molar-refractivity contribution in [1.29, 1.82) is 0 Å². The first-order valence-corrected chi connectivity index (χ1v) is 8.38. The number of anilines is 1. The van der Waals surface area contributed by atoms with E-state index in [2.05, 4.69) is 17.2 Å². The first kappa shape index (κ1) is 16.5. The largest absolute Gasteiger partial charge is 0.494 e. The molecule has 0 spiro atoms. The standard InChI is InChI=1S/C16H23N3O2S/c1-4-5-6-10-17-14(20)11-19(2)16-18-15-12(21-3)8-7-9-13(15)22-16/h7-9H,4-6,10-11H2,1-3H3,(H,17,20). The van der Waals surface area contributed by atoms with Gasteiger partial charge in [-0.1, -0.05) is 37.2 Å². The maximum absolute atomic E-state index is 11.9. The average Bonchev–Trinajstić information content (AvgIpc) is 2.95. The van der Waals surface area contributed by atoms with Crippen LogP contribution in [0.2, 0.25) is 0 Å². The van der Waals surface area contributed by atoms with Gasteiger partial charge < -0.3 is 15.0 Å². The fourth-order valence-electron chi connectivity index (χ4n) is 2.18. The number of nitrogens with one attached hydrogen (secondary N) is 1. The predicted octanol–water partition coefficient (Wildman–Crippen LogP) is 3.05. The number of fused-ring (bicyclic) bond motifs is 1. The Morgan fingerprint density at radius 1 is 1.41 bits per heavy atom. The first-order chi connectivity index (χ1) is 10.7. The zero-order chi connectivity index (χ0) is 15.9. The van der Waals surface area contributed by atoms with Crippen LogP contribution in [-0.4, -0.2) is 38.1 Å². The number of carbonyl (C=O) groups excluding carboxylic acids is 1. The summed E-state index contributed by atoms with van der Waals surface area (Å²) >= 11 is 1.56. The van der Waals surface area contributed by atoms with Crippen molar-refractivity contribution in [2.75, 3.05) is 32.1 Å². The molecule has 2 aromatic rings. The maximum Gasteiger partial charge on any atom is 0.239 e. The van der Waals surface area contributed by atoms with Gasteiger partial charge in [-0.2, -0.15) is 0 Å². The molecule has 0 aliphatic rings. The number of rotatable bonds is 8. The summed E-state index contributed by atoms with van der Waals surface area (Å²) < 4.78 is 6.38. The number of methoxy groups -OCH3 is 1. The summed E-state index contributed by atoms with van der Waals surface area (Å²) in [6.07, 6.45) is 3.33. The molecule has 0 bridgehead atoms. The summed E-state index contributed by atoms with van der Waals surface area (Å²) in [5.41, 5.74) is 0.847. The molecular formula is C16H23N3O2S. The summed E-state index contributed by atoms with van der Waals surface area (Å²) in [4.78, 5) is 18.4. The van der Waals surface area contributed by atoms with Crippen LogP contribution in [-0.2, 0) is 4.79 Å². The molecule has 0 aliphatic heterocycles. The molecule has 1 N–H and O–H groups in total. The van der Waals surface area contributed by atoms with Gasteiger partial charge in [-0.25, -0.2) is 4.98 Å². The molecule has 1 amide bonds. The lowest BCUT2D eigenvalue weighted by atomic mass is 10.2.